The third-order valence-corrected chi connectivity index (χ3v) is 13.4. The van der Waals surface area contributed by atoms with Gasteiger partial charge >= 0.3 is 11.9 Å². The maximum atomic E-state index is 12.3. The standard InChI is InChI=1S/C71H118O5/c1-3-5-7-9-11-13-15-17-19-21-23-25-27-29-31-33-34-35-36-38-40-42-44-46-48-50-52-54-56-58-60-62-64-66-71(74)76-69(67-72)68-75-70(73)65-63-61-59-57-55-53-51-49-47-45-43-41-39-37-32-30-28-26-24-22-20-18-16-14-12-10-8-6-4-2/h5-8,11-14,17-20,23-26,29-32,34-35,69,72H,3-4,9-10,15-16,21-22,27-28,33,36-68H2,1-2H3/b7-5-,8-6-,13-11-,14-12-,19-17-,20-18-,25-23-,26-24-,31-29-,32-30-,35-34-. The molecular formula is C71H118O5. The van der Waals surface area contributed by atoms with Crippen LogP contribution >= 0.6 is 0 Å². The summed E-state index contributed by atoms with van der Waals surface area (Å²) in [5, 5.41) is 9.69. The number of carbonyl (C=O) groups is 2. The molecule has 5 heteroatoms. The molecule has 0 aliphatic heterocycles. The number of unbranched alkanes of at least 4 members (excludes halogenated alkanes) is 27. The second kappa shape index (κ2) is 65.3. The highest BCUT2D eigenvalue weighted by molar-refractivity contribution is 5.70. The molecule has 0 spiro atoms. The van der Waals surface area contributed by atoms with Crippen LogP contribution in [0.5, 0.6) is 0 Å². The van der Waals surface area contributed by atoms with Gasteiger partial charge in [0.2, 0.25) is 0 Å². The summed E-state index contributed by atoms with van der Waals surface area (Å²) >= 11 is 0. The number of hydrogen-bond donors (Lipinski definition) is 1. The fraction of sp³-hybridized carbons (Fsp3) is 0.662. The molecule has 0 rings (SSSR count). The minimum atomic E-state index is -0.782. The Morgan fingerprint density at radius 1 is 0.303 bits per heavy atom. The topological polar surface area (TPSA) is 72.8 Å². The van der Waals surface area contributed by atoms with Crippen molar-refractivity contribution < 1.29 is 24.2 Å². The molecular weight excluding hydrogens is 933 g/mol. The van der Waals surface area contributed by atoms with Crippen molar-refractivity contribution in [2.75, 3.05) is 13.2 Å². The first kappa shape index (κ1) is 72.0. The van der Waals surface area contributed by atoms with Crippen molar-refractivity contribution in [3.8, 4) is 0 Å². The van der Waals surface area contributed by atoms with Crippen molar-refractivity contribution in [3.63, 3.8) is 0 Å². The van der Waals surface area contributed by atoms with Crippen molar-refractivity contribution in [2.24, 2.45) is 0 Å². The van der Waals surface area contributed by atoms with Crippen LogP contribution in [-0.4, -0.2) is 36.4 Å². The second-order valence-corrected chi connectivity index (χ2v) is 20.7. The smallest absolute Gasteiger partial charge is 0.306 e. The molecule has 432 valence electrons. The number of rotatable bonds is 57. The number of aliphatic hydroxyl groups excluding tert-OH is 1. The zero-order chi connectivity index (χ0) is 54.8. The number of aliphatic hydroxyl groups is 1. The summed E-state index contributed by atoms with van der Waals surface area (Å²) in [7, 11) is 0. The zero-order valence-corrected chi connectivity index (χ0v) is 49.5. The molecule has 5 nitrogen and oxygen atoms in total. The molecule has 76 heavy (non-hydrogen) atoms. The molecule has 0 aromatic rings. The van der Waals surface area contributed by atoms with Gasteiger partial charge in [-0.3, -0.25) is 9.59 Å². The summed E-state index contributed by atoms with van der Waals surface area (Å²) in [6.07, 6.45) is 97.3. The predicted octanol–water partition coefficient (Wildman–Crippen LogP) is 22.0. The van der Waals surface area contributed by atoms with E-state index in [2.05, 4.69) is 148 Å². The van der Waals surface area contributed by atoms with E-state index >= 15 is 0 Å². The molecule has 1 N–H and O–H groups in total. The molecule has 1 atom stereocenters. The Labute approximate surface area is 470 Å². The molecule has 0 heterocycles. The highest BCUT2D eigenvalue weighted by atomic mass is 16.6. The third-order valence-electron chi connectivity index (χ3n) is 13.4. The van der Waals surface area contributed by atoms with E-state index in [9.17, 15) is 14.7 Å². The van der Waals surface area contributed by atoms with Crippen molar-refractivity contribution >= 4 is 11.9 Å². The zero-order valence-electron chi connectivity index (χ0n) is 49.5. The number of ether oxygens (including phenoxy) is 2. The monoisotopic (exact) mass is 1050 g/mol. The number of carbonyl (C=O) groups excluding carboxylic acids is 2. The molecule has 0 fully saturated rings. The van der Waals surface area contributed by atoms with Crippen LogP contribution in [0.15, 0.2) is 134 Å². The second-order valence-electron chi connectivity index (χ2n) is 20.7. The lowest BCUT2D eigenvalue weighted by Crippen LogP contribution is -2.28. The molecule has 0 saturated carbocycles. The number of allylic oxidation sites excluding steroid dienone is 22. The minimum absolute atomic E-state index is 0.0715. The summed E-state index contributed by atoms with van der Waals surface area (Å²) in [6.45, 7) is 3.93. The van der Waals surface area contributed by atoms with E-state index in [0.29, 0.717) is 12.8 Å². The Kier molecular flexibility index (Phi) is 61.9. The van der Waals surface area contributed by atoms with Gasteiger partial charge in [0, 0.05) is 12.8 Å². The van der Waals surface area contributed by atoms with E-state index in [1.807, 2.05) is 0 Å². The Bertz CT molecular complexity index is 1570. The molecule has 0 aromatic carbocycles. The summed E-state index contributed by atoms with van der Waals surface area (Å²) in [5.41, 5.74) is 0. The Balaban J connectivity index is 3.50. The van der Waals surface area contributed by atoms with Crippen molar-refractivity contribution in [3.05, 3.63) is 134 Å². The van der Waals surface area contributed by atoms with Gasteiger partial charge in [0.05, 0.1) is 6.61 Å². The van der Waals surface area contributed by atoms with Gasteiger partial charge in [0.25, 0.3) is 0 Å². The van der Waals surface area contributed by atoms with E-state index in [1.54, 1.807) is 0 Å². The van der Waals surface area contributed by atoms with Gasteiger partial charge in [-0.1, -0.05) is 295 Å². The third kappa shape index (κ3) is 62.6. The molecule has 0 saturated heterocycles. The van der Waals surface area contributed by atoms with Gasteiger partial charge in [-0.15, -0.1) is 0 Å². The first-order valence-corrected chi connectivity index (χ1v) is 31.7. The van der Waals surface area contributed by atoms with Crippen LogP contribution in [-0.2, 0) is 19.1 Å². The Hall–Kier alpha value is -3.96. The average molecular weight is 1050 g/mol. The fourth-order valence-corrected chi connectivity index (χ4v) is 8.76. The van der Waals surface area contributed by atoms with Crippen molar-refractivity contribution in [1.29, 1.82) is 0 Å². The molecule has 0 aliphatic carbocycles. The summed E-state index contributed by atoms with van der Waals surface area (Å²) in [4.78, 5) is 24.6. The first-order valence-electron chi connectivity index (χ1n) is 31.7. The quantitative estimate of drug-likeness (QED) is 0.0373. The van der Waals surface area contributed by atoms with Crippen molar-refractivity contribution in [2.45, 2.75) is 290 Å². The highest BCUT2D eigenvalue weighted by Gasteiger charge is 2.16. The molecule has 0 radical (unpaired) electrons. The average Bonchev–Trinajstić information content (AvgIpc) is 3.42. The molecule has 0 bridgehead atoms. The molecule has 0 amide bonds. The Morgan fingerprint density at radius 2 is 0.526 bits per heavy atom. The lowest BCUT2D eigenvalue weighted by Gasteiger charge is -2.15. The summed E-state index contributed by atoms with van der Waals surface area (Å²) < 4.78 is 10.7. The lowest BCUT2D eigenvalue weighted by molar-refractivity contribution is -0.161. The van der Waals surface area contributed by atoms with Gasteiger partial charge in [-0.25, -0.2) is 0 Å². The molecule has 1 unspecified atom stereocenters. The van der Waals surface area contributed by atoms with Gasteiger partial charge < -0.3 is 14.6 Å². The molecule has 0 aliphatic rings. The van der Waals surface area contributed by atoms with E-state index in [1.165, 1.54) is 148 Å². The summed E-state index contributed by atoms with van der Waals surface area (Å²) in [6, 6.07) is 0. The lowest BCUT2D eigenvalue weighted by atomic mass is 10.0. The van der Waals surface area contributed by atoms with E-state index in [-0.39, 0.29) is 25.2 Å². The van der Waals surface area contributed by atoms with Gasteiger partial charge in [-0.05, 0) is 109 Å². The van der Waals surface area contributed by atoms with Gasteiger partial charge in [-0.2, -0.15) is 0 Å². The number of esters is 2. The normalized spacial score (nSPS) is 13.1. The van der Waals surface area contributed by atoms with Crippen LogP contribution in [0.3, 0.4) is 0 Å². The maximum Gasteiger partial charge on any atom is 0.306 e. The fourth-order valence-electron chi connectivity index (χ4n) is 8.76. The highest BCUT2D eigenvalue weighted by Crippen LogP contribution is 2.16. The van der Waals surface area contributed by atoms with Crippen LogP contribution < -0.4 is 0 Å². The summed E-state index contributed by atoms with van der Waals surface area (Å²) in [5.74, 6) is -0.591. The van der Waals surface area contributed by atoms with Crippen LogP contribution in [0.25, 0.3) is 0 Å². The SMILES string of the molecule is CC/C=C\C/C=C\C/C=C\C/C=C\C/C=C\C/C=C\CCCCCCCCCCCCCCCCC(=O)OC(CO)COC(=O)CCCCCCCCCCCCCCC/C=C\C/C=C\C/C=C\C/C=C\C/C=C\CC. The van der Waals surface area contributed by atoms with Crippen LogP contribution in [0, 0.1) is 0 Å². The largest absolute Gasteiger partial charge is 0.462 e. The van der Waals surface area contributed by atoms with Crippen LogP contribution in [0.1, 0.15) is 284 Å². The van der Waals surface area contributed by atoms with E-state index < -0.39 is 6.10 Å². The van der Waals surface area contributed by atoms with E-state index in [4.69, 9.17) is 9.47 Å². The Morgan fingerprint density at radius 3 is 0.789 bits per heavy atom. The minimum Gasteiger partial charge on any atom is -0.462 e. The predicted molar refractivity (Wildman–Crippen MR) is 334 cm³/mol. The van der Waals surface area contributed by atoms with Crippen LogP contribution in [0.4, 0.5) is 0 Å². The van der Waals surface area contributed by atoms with Crippen molar-refractivity contribution in [1.82, 2.24) is 0 Å². The maximum absolute atomic E-state index is 12.3. The molecule has 0 aromatic heterocycles. The van der Waals surface area contributed by atoms with Gasteiger partial charge in [0.15, 0.2) is 6.10 Å². The van der Waals surface area contributed by atoms with Gasteiger partial charge in [0.1, 0.15) is 6.61 Å². The van der Waals surface area contributed by atoms with Crippen LogP contribution in [0.2, 0.25) is 0 Å². The van der Waals surface area contributed by atoms with E-state index in [0.717, 1.165) is 109 Å². The first-order chi connectivity index (χ1) is 37.6. The number of hydrogen-bond acceptors (Lipinski definition) is 5.